The maximum atomic E-state index is 6.38. The molecule has 2 heterocycles. The van der Waals surface area contributed by atoms with Gasteiger partial charge >= 0.3 is 0 Å². The third-order valence-electron chi connectivity index (χ3n) is 3.25. The predicted molar refractivity (Wildman–Crippen MR) is 76.7 cm³/mol. The lowest BCUT2D eigenvalue weighted by Crippen LogP contribution is -2.13. The van der Waals surface area contributed by atoms with Gasteiger partial charge in [-0.3, -0.25) is 9.97 Å². The van der Waals surface area contributed by atoms with E-state index in [0.29, 0.717) is 0 Å². The second-order valence-electron chi connectivity index (χ2n) is 4.63. The SMILES string of the molecule is Cc1cc(C(N)c2cccnc2)c2ccccc2n1. The molecule has 0 fully saturated rings. The average Bonchev–Trinajstić information content (AvgIpc) is 2.46. The van der Waals surface area contributed by atoms with Crippen molar-refractivity contribution in [2.24, 2.45) is 5.73 Å². The number of fused-ring (bicyclic) bond motifs is 1. The minimum atomic E-state index is -0.180. The molecule has 0 saturated carbocycles. The van der Waals surface area contributed by atoms with Crippen LogP contribution in [-0.4, -0.2) is 9.97 Å². The van der Waals surface area contributed by atoms with Crippen LogP contribution in [0.5, 0.6) is 0 Å². The predicted octanol–water partition coefficient (Wildman–Crippen LogP) is 2.99. The molecule has 0 bridgehead atoms. The average molecular weight is 249 g/mol. The zero-order valence-electron chi connectivity index (χ0n) is 10.7. The van der Waals surface area contributed by atoms with Gasteiger partial charge in [-0.1, -0.05) is 24.3 Å². The molecular weight excluding hydrogens is 234 g/mol. The highest BCUT2D eigenvalue weighted by Gasteiger charge is 2.13. The van der Waals surface area contributed by atoms with Crippen molar-refractivity contribution in [2.75, 3.05) is 0 Å². The zero-order valence-corrected chi connectivity index (χ0v) is 10.7. The number of hydrogen-bond acceptors (Lipinski definition) is 3. The summed E-state index contributed by atoms with van der Waals surface area (Å²) in [6, 6.07) is 13.9. The first-order valence-electron chi connectivity index (χ1n) is 6.27. The smallest absolute Gasteiger partial charge is 0.0708 e. The van der Waals surface area contributed by atoms with Crippen LogP contribution in [-0.2, 0) is 0 Å². The van der Waals surface area contributed by atoms with Crippen molar-refractivity contribution >= 4 is 10.9 Å². The third kappa shape index (κ3) is 2.20. The van der Waals surface area contributed by atoms with Crippen LogP contribution in [0, 0.1) is 6.92 Å². The molecule has 2 aromatic heterocycles. The van der Waals surface area contributed by atoms with Gasteiger partial charge in [-0.15, -0.1) is 0 Å². The summed E-state index contributed by atoms with van der Waals surface area (Å²) < 4.78 is 0. The van der Waals surface area contributed by atoms with E-state index in [1.54, 1.807) is 6.20 Å². The van der Waals surface area contributed by atoms with Crippen LogP contribution in [0.25, 0.3) is 10.9 Å². The lowest BCUT2D eigenvalue weighted by Gasteiger charge is -2.15. The Kier molecular flexibility index (Phi) is 2.97. The summed E-state index contributed by atoms with van der Waals surface area (Å²) in [7, 11) is 0. The van der Waals surface area contributed by atoms with Gasteiger partial charge in [-0.2, -0.15) is 0 Å². The maximum absolute atomic E-state index is 6.38. The Morgan fingerprint density at radius 2 is 1.95 bits per heavy atom. The largest absolute Gasteiger partial charge is 0.320 e. The second kappa shape index (κ2) is 4.78. The monoisotopic (exact) mass is 249 g/mol. The molecule has 0 aliphatic heterocycles. The van der Waals surface area contributed by atoms with E-state index >= 15 is 0 Å². The zero-order chi connectivity index (χ0) is 13.2. The van der Waals surface area contributed by atoms with Crippen molar-refractivity contribution < 1.29 is 0 Å². The van der Waals surface area contributed by atoms with Gasteiger partial charge in [0.25, 0.3) is 0 Å². The Morgan fingerprint density at radius 1 is 1.11 bits per heavy atom. The second-order valence-corrected chi connectivity index (χ2v) is 4.63. The Balaban J connectivity index is 2.19. The van der Waals surface area contributed by atoms with Gasteiger partial charge < -0.3 is 5.73 Å². The van der Waals surface area contributed by atoms with Crippen LogP contribution < -0.4 is 5.73 Å². The summed E-state index contributed by atoms with van der Waals surface area (Å²) in [4.78, 5) is 8.68. The van der Waals surface area contributed by atoms with Crippen LogP contribution in [0.2, 0.25) is 0 Å². The van der Waals surface area contributed by atoms with Crippen molar-refractivity contribution in [3.05, 3.63) is 71.7 Å². The van der Waals surface area contributed by atoms with Crippen molar-refractivity contribution in [3.8, 4) is 0 Å². The Morgan fingerprint density at radius 3 is 2.74 bits per heavy atom. The molecule has 1 aromatic carbocycles. The molecular formula is C16H15N3. The van der Waals surface area contributed by atoms with Gasteiger partial charge in [0.05, 0.1) is 11.6 Å². The minimum absolute atomic E-state index is 0.180. The molecule has 0 aliphatic carbocycles. The standard InChI is InChI=1S/C16H15N3/c1-11-9-14(13-6-2-3-7-15(13)19-11)16(17)12-5-4-8-18-10-12/h2-10,16H,17H2,1H3. The first-order chi connectivity index (χ1) is 9.25. The number of nitrogens with two attached hydrogens (primary N) is 1. The number of benzene rings is 1. The summed E-state index contributed by atoms with van der Waals surface area (Å²) in [6.45, 7) is 1.99. The molecule has 3 rings (SSSR count). The first-order valence-corrected chi connectivity index (χ1v) is 6.27. The number of hydrogen-bond donors (Lipinski definition) is 1. The van der Waals surface area contributed by atoms with Crippen LogP contribution in [0.3, 0.4) is 0 Å². The maximum Gasteiger partial charge on any atom is 0.0708 e. The lowest BCUT2D eigenvalue weighted by atomic mass is 9.97. The van der Waals surface area contributed by atoms with Gasteiger partial charge in [0.15, 0.2) is 0 Å². The number of nitrogens with zero attached hydrogens (tertiary/aromatic N) is 2. The van der Waals surface area contributed by atoms with Crippen molar-refractivity contribution in [2.45, 2.75) is 13.0 Å². The Bertz CT molecular complexity index is 708. The van der Waals surface area contributed by atoms with E-state index < -0.39 is 0 Å². The lowest BCUT2D eigenvalue weighted by molar-refractivity contribution is 0.867. The fourth-order valence-electron chi connectivity index (χ4n) is 2.34. The Labute approximate surface area is 112 Å². The van der Waals surface area contributed by atoms with Gasteiger partial charge in [-0.05, 0) is 36.2 Å². The molecule has 2 N–H and O–H groups in total. The van der Waals surface area contributed by atoms with Crippen LogP contribution in [0.4, 0.5) is 0 Å². The summed E-state index contributed by atoms with van der Waals surface area (Å²) in [5.74, 6) is 0. The summed E-state index contributed by atoms with van der Waals surface area (Å²) in [5.41, 5.74) is 10.5. The number of para-hydroxylation sites is 1. The van der Waals surface area contributed by atoms with Gasteiger partial charge in [0.2, 0.25) is 0 Å². The quantitative estimate of drug-likeness (QED) is 0.759. The van der Waals surface area contributed by atoms with E-state index in [0.717, 1.165) is 27.7 Å². The number of aryl methyl sites for hydroxylation is 1. The van der Waals surface area contributed by atoms with Gasteiger partial charge in [0, 0.05) is 23.5 Å². The molecule has 3 aromatic rings. The molecule has 0 spiro atoms. The fourth-order valence-corrected chi connectivity index (χ4v) is 2.34. The molecule has 0 aliphatic rings. The highest BCUT2D eigenvalue weighted by atomic mass is 14.7. The fraction of sp³-hybridized carbons (Fsp3) is 0.125. The molecule has 0 radical (unpaired) electrons. The van der Waals surface area contributed by atoms with Crippen LogP contribution in [0.15, 0.2) is 54.9 Å². The summed E-state index contributed by atoms with van der Waals surface area (Å²) in [5, 5.41) is 1.10. The normalized spacial score (nSPS) is 12.5. The molecule has 0 amide bonds. The summed E-state index contributed by atoms with van der Waals surface area (Å²) in [6.07, 6.45) is 3.57. The topological polar surface area (TPSA) is 51.8 Å². The van der Waals surface area contributed by atoms with Gasteiger partial charge in [-0.25, -0.2) is 0 Å². The molecule has 94 valence electrons. The molecule has 3 heteroatoms. The van der Waals surface area contributed by atoms with E-state index in [9.17, 15) is 0 Å². The number of pyridine rings is 2. The molecule has 19 heavy (non-hydrogen) atoms. The molecule has 3 nitrogen and oxygen atoms in total. The van der Waals surface area contributed by atoms with E-state index in [1.165, 1.54) is 0 Å². The van der Waals surface area contributed by atoms with E-state index in [2.05, 4.69) is 22.1 Å². The van der Waals surface area contributed by atoms with Crippen LogP contribution in [0.1, 0.15) is 22.9 Å². The highest BCUT2D eigenvalue weighted by molar-refractivity contribution is 5.83. The van der Waals surface area contributed by atoms with Crippen LogP contribution >= 0.6 is 0 Å². The van der Waals surface area contributed by atoms with Crippen molar-refractivity contribution in [3.63, 3.8) is 0 Å². The minimum Gasteiger partial charge on any atom is -0.320 e. The third-order valence-corrected chi connectivity index (χ3v) is 3.25. The first kappa shape index (κ1) is 11.8. The van der Waals surface area contributed by atoms with Crippen molar-refractivity contribution in [1.29, 1.82) is 0 Å². The number of rotatable bonds is 2. The highest BCUT2D eigenvalue weighted by Crippen LogP contribution is 2.26. The van der Waals surface area contributed by atoms with Crippen molar-refractivity contribution in [1.82, 2.24) is 9.97 Å². The van der Waals surface area contributed by atoms with E-state index in [1.807, 2.05) is 43.5 Å². The molecule has 0 saturated heterocycles. The summed E-state index contributed by atoms with van der Waals surface area (Å²) >= 11 is 0. The molecule has 1 atom stereocenters. The van der Waals surface area contributed by atoms with E-state index in [4.69, 9.17) is 5.73 Å². The number of aromatic nitrogens is 2. The molecule has 1 unspecified atom stereocenters. The Hall–Kier alpha value is -2.26. The van der Waals surface area contributed by atoms with Gasteiger partial charge in [0.1, 0.15) is 0 Å². The van der Waals surface area contributed by atoms with E-state index in [-0.39, 0.29) is 6.04 Å².